The molecule has 2 aromatic carbocycles. The first-order valence-electron chi connectivity index (χ1n) is 9.73. The van der Waals surface area contributed by atoms with Crippen LogP contribution >= 0.6 is 0 Å². The second kappa shape index (κ2) is 9.82. The lowest BCUT2D eigenvalue weighted by Crippen LogP contribution is -2.43. The van der Waals surface area contributed by atoms with E-state index in [1.807, 2.05) is 6.92 Å². The van der Waals surface area contributed by atoms with Crippen LogP contribution in [-0.4, -0.2) is 58.7 Å². The number of nitrogens with zero attached hydrogens (tertiary/aromatic N) is 1. The molecule has 0 aromatic heterocycles. The van der Waals surface area contributed by atoms with Crippen molar-refractivity contribution in [2.24, 2.45) is 0 Å². The highest BCUT2D eigenvalue weighted by Gasteiger charge is 2.19. The number of carbonyl (C=O) groups is 1. The third-order valence-electron chi connectivity index (χ3n) is 4.59. The van der Waals surface area contributed by atoms with Crippen molar-refractivity contribution in [3.8, 4) is 11.5 Å². The number of anilines is 1. The van der Waals surface area contributed by atoms with E-state index in [1.165, 1.54) is 12.1 Å². The Bertz CT molecular complexity index is 969. The minimum atomic E-state index is -3.76. The number of hydrogen-bond donors (Lipinski definition) is 1. The molecule has 30 heavy (non-hydrogen) atoms. The van der Waals surface area contributed by atoms with Gasteiger partial charge in [0, 0.05) is 18.8 Å². The van der Waals surface area contributed by atoms with Gasteiger partial charge in [-0.25, -0.2) is 8.42 Å². The summed E-state index contributed by atoms with van der Waals surface area (Å²) in [7, 11) is -3.76. The molecule has 1 heterocycles. The van der Waals surface area contributed by atoms with Crippen LogP contribution in [0, 0.1) is 6.92 Å². The third-order valence-corrected chi connectivity index (χ3v) is 5.97. The minimum Gasteiger partial charge on any atom is -0.494 e. The molecule has 162 valence electrons. The Labute approximate surface area is 176 Å². The van der Waals surface area contributed by atoms with Crippen molar-refractivity contribution in [2.45, 2.75) is 18.7 Å². The Balaban J connectivity index is 1.63. The van der Waals surface area contributed by atoms with Crippen LogP contribution in [0.5, 0.6) is 11.5 Å². The summed E-state index contributed by atoms with van der Waals surface area (Å²) >= 11 is 0. The van der Waals surface area contributed by atoms with Gasteiger partial charge in [0.2, 0.25) is 0 Å². The van der Waals surface area contributed by atoms with E-state index in [0.717, 1.165) is 0 Å². The topological polar surface area (TPSA) is 94.2 Å². The molecule has 1 amide bonds. The number of sulfonamides is 1. The van der Waals surface area contributed by atoms with Crippen molar-refractivity contribution in [3.63, 3.8) is 0 Å². The molecule has 2 aromatic rings. The average molecular weight is 435 g/mol. The van der Waals surface area contributed by atoms with Gasteiger partial charge in [-0.05, 0) is 61.9 Å². The van der Waals surface area contributed by atoms with Gasteiger partial charge < -0.3 is 19.1 Å². The van der Waals surface area contributed by atoms with Crippen molar-refractivity contribution < 1.29 is 27.4 Å². The molecule has 1 aliphatic heterocycles. The lowest BCUT2D eigenvalue weighted by atomic mass is 10.2. The maximum atomic E-state index is 12.7. The third kappa shape index (κ3) is 5.64. The summed E-state index contributed by atoms with van der Waals surface area (Å²) in [6, 6.07) is 11.2. The smallest absolute Gasteiger partial charge is 0.261 e. The number of carbonyl (C=O) groups excluding carboxylic acids is 1. The van der Waals surface area contributed by atoms with Crippen LogP contribution in [0.2, 0.25) is 0 Å². The molecule has 0 bridgehead atoms. The summed E-state index contributed by atoms with van der Waals surface area (Å²) in [5.41, 5.74) is 1.06. The van der Waals surface area contributed by atoms with E-state index in [1.54, 1.807) is 42.2 Å². The van der Waals surface area contributed by atoms with Gasteiger partial charge in [0.15, 0.2) is 6.61 Å². The molecule has 0 unspecified atom stereocenters. The molecule has 8 nitrogen and oxygen atoms in total. The van der Waals surface area contributed by atoms with Crippen LogP contribution in [0.25, 0.3) is 0 Å². The summed E-state index contributed by atoms with van der Waals surface area (Å²) in [5, 5.41) is 0. The predicted octanol–water partition coefficient (Wildman–Crippen LogP) is 2.43. The van der Waals surface area contributed by atoms with E-state index < -0.39 is 10.0 Å². The fourth-order valence-corrected chi connectivity index (χ4v) is 4.14. The summed E-state index contributed by atoms with van der Waals surface area (Å²) < 4.78 is 44.1. The lowest BCUT2D eigenvalue weighted by Gasteiger charge is -2.26. The van der Waals surface area contributed by atoms with Gasteiger partial charge in [0.25, 0.3) is 15.9 Å². The second-order valence-corrected chi connectivity index (χ2v) is 8.45. The van der Waals surface area contributed by atoms with Crippen LogP contribution < -0.4 is 14.2 Å². The van der Waals surface area contributed by atoms with E-state index >= 15 is 0 Å². The highest BCUT2D eigenvalue weighted by Crippen LogP contribution is 2.24. The van der Waals surface area contributed by atoms with Crippen LogP contribution in [0.3, 0.4) is 0 Å². The first-order valence-corrected chi connectivity index (χ1v) is 11.2. The Morgan fingerprint density at radius 3 is 2.43 bits per heavy atom. The highest BCUT2D eigenvalue weighted by molar-refractivity contribution is 7.92. The van der Waals surface area contributed by atoms with Crippen molar-refractivity contribution in [3.05, 3.63) is 48.0 Å². The summed E-state index contributed by atoms with van der Waals surface area (Å²) in [5.74, 6) is 1.02. The largest absolute Gasteiger partial charge is 0.494 e. The quantitative estimate of drug-likeness (QED) is 0.686. The maximum absolute atomic E-state index is 12.7. The molecule has 0 radical (unpaired) electrons. The standard InChI is InChI=1S/C21H26N2O6S/c1-3-28-18-6-4-17(5-7-18)22-30(25,26)19-8-9-20(16(2)14-19)29-15-21(24)23-10-12-27-13-11-23/h4-9,14,22H,3,10-13,15H2,1-2H3. The Morgan fingerprint density at radius 2 is 1.80 bits per heavy atom. The van der Waals surface area contributed by atoms with E-state index in [9.17, 15) is 13.2 Å². The highest BCUT2D eigenvalue weighted by atomic mass is 32.2. The number of ether oxygens (including phenoxy) is 3. The molecular formula is C21H26N2O6S. The number of amides is 1. The van der Waals surface area contributed by atoms with Gasteiger partial charge in [0.05, 0.1) is 24.7 Å². The minimum absolute atomic E-state index is 0.0998. The molecule has 1 fully saturated rings. The zero-order chi connectivity index (χ0) is 21.6. The summed E-state index contributed by atoms with van der Waals surface area (Å²) in [6.45, 7) is 6.21. The first kappa shape index (κ1) is 21.9. The molecule has 0 saturated carbocycles. The van der Waals surface area contributed by atoms with Gasteiger partial charge in [0.1, 0.15) is 11.5 Å². The number of aryl methyl sites for hydroxylation is 1. The van der Waals surface area contributed by atoms with E-state index in [0.29, 0.717) is 55.7 Å². The second-order valence-electron chi connectivity index (χ2n) is 6.77. The Morgan fingerprint density at radius 1 is 1.10 bits per heavy atom. The van der Waals surface area contributed by atoms with Crippen molar-refractivity contribution in [2.75, 3.05) is 44.2 Å². The normalized spacial score (nSPS) is 14.3. The van der Waals surface area contributed by atoms with Crippen LogP contribution in [0.15, 0.2) is 47.4 Å². The van der Waals surface area contributed by atoms with Crippen LogP contribution in [0.1, 0.15) is 12.5 Å². The first-order chi connectivity index (χ1) is 14.4. The van der Waals surface area contributed by atoms with Gasteiger partial charge >= 0.3 is 0 Å². The zero-order valence-corrected chi connectivity index (χ0v) is 17.9. The maximum Gasteiger partial charge on any atom is 0.261 e. The average Bonchev–Trinajstić information content (AvgIpc) is 2.74. The molecule has 1 N–H and O–H groups in total. The number of rotatable bonds is 8. The van der Waals surface area contributed by atoms with Gasteiger partial charge in [-0.1, -0.05) is 0 Å². The van der Waals surface area contributed by atoms with Crippen molar-refractivity contribution in [1.82, 2.24) is 4.90 Å². The van der Waals surface area contributed by atoms with Crippen molar-refractivity contribution >= 4 is 21.6 Å². The number of benzene rings is 2. The monoisotopic (exact) mass is 434 g/mol. The molecule has 0 aliphatic carbocycles. The fraction of sp³-hybridized carbons (Fsp3) is 0.381. The van der Waals surface area contributed by atoms with E-state index in [2.05, 4.69) is 4.72 Å². The molecule has 0 spiro atoms. The molecule has 1 aliphatic rings. The fourth-order valence-electron chi connectivity index (χ4n) is 2.99. The zero-order valence-electron chi connectivity index (χ0n) is 17.1. The van der Waals surface area contributed by atoms with Crippen molar-refractivity contribution in [1.29, 1.82) is 0 Å². The number of morpholine rings is 1. The van der Waals surface area contributed by atoms with Crippen LogP contribution in [-0.2, 0) is 19.6 Å². The predicted molar refractivity (Wildman–Crippen MR) is 112 cm³/mol. The van der Waals surface area contributed by atoms with Gasteiger partial charge in [-0.2, -0.15) is 0 Å². The Hall–Kier alpha value is -2.78. The molecule has 9 heteroatoms. The molecule has 1 saturated heterocycles. The summed E-state index contributed by atoms with van der Waals surface area (Å²) in [4.78, 5) is 14.0. The molecular weight excluding hydrogens is 408 g/mol. The van der Waals surface area contributed by atoms with Crippen LogP contribution in [0.4, 0.5) is 5.69 Å². The van der Waals surface area contributed by atoms with Gasteiger partial charge in [-0.3, -0.25) is 9.52 Å². The van der Waals surface area contributed by atoms with E-state index in [-0.39, 0.29) is 17.4 Å². The SMILES string of the molecule is CCOc1ccc(NS(=O)(=O)c2ccc(OCC(=O)N3CCOCC3)c(C)c2)cc1. The molecule has 0 atom stereocenters. The molecule has 3 rings (SSSR count). The Kier molecular flexibility index (Phi) is 7.17. The lowest BCUT2D eigenvalue weighted by molar-refractivity contribution is -0.137. The number of nitrogens with one attached hydrogen (secondary N) is 1. The van der Waals surface area contributed by atoms with Gasteiger partial charge in [-0.15, -0.1) is 0 Å². The summed E-state index contributed by atoms with van der Waals surface area (Å²) in [6.07, 6.45) is 0. The van der Waals surface area contributed by atoms with E-state index in [4.69, 9.17) is 14.2 Å². The number of hydrogen-bond acceptors (Lipinski definition) is 6.